The molecule has 1 aromatic heterocycles. The molecule has 1 aliphatic carbocycles. The minimum atomic E-state index is -1.28. The minimum absolute atomic E-state index is 0.192. The van der Waals surface area contributed by atoms with Crippen LogP contribution in [0.15, 0.2) is 18.3 Å². The van der Waals surface area contributed by atoms with Crippen LogP contribution < -0.4 is 4.74 Å². The number of fused-ring (bicyclic) bond motifs is 1. The first-order chi connectivity index (χ1) is 13.0. The number of ether oxygens (including phenoxy) is 1. The van der Waals surface area contributed by atoms with Crippen LogP contribution in [0.5, 0.6) is 5.75 Å². The van der Waals surface area contributed by atoms with Crippen LogP contribution in [-0.2, 0) is 0 Å². The van der Waals surface area contributed by atoms with Gasteiger partial charge in [-0.2, -0.15) is 4.39 Å². The van der Waals surface area contributed by atoms with Crippen molar-refractivity contribution in [3.8, 4) is 5.75 Å². The molecule has 1 saturated heterocycles. The highest BCUT2D eigenvalue weighted by atomic mass is 19.1. The van der Waals surface area contributed by atoms with Gasteiger partial charge in [0.05, 0.1) is 30.9 Å². The van der Waals surface area contributed by atoms with Gasteiger partial charge in [0, 0.05) is 6.20 Å². The molecule has 7 atom stereocenters. The van der Waals surface area contributed by atoms with Crippen molar-refractivity contribution in [1.29, 1.82) is 0 Å². The number of halogens is 1. The second-order valence-corrected chi connectivity index (χ2v) is 7.44. The van der Waals surface area contributed by atoms with Crippen LogP contribution in [0.25, 0.3) is 0 Å². The van der Waals surface area contributed by atoms with E-state index in [0.29, 0.717) is 6.61 Å². The van der Waals surface area contributed by atoms with Gasteiger partial charge in [0.2, 0.25) is 0 Å². The van der Waals surface area contributed by atoms with Crippen LogP contribution in [0, 0.1) is 5.95 Å². The van der Waals surface area contributed by atoms with Gasteiger partial charge in [-0.25, -0.2) is 4.98 Å². The predicted octanol–water partition coefficient (Wildman–Crippen LogP) is 0.450. The molecule has 8 heteroatoms. The molecule has 0 radical (unpaired) electrons. The molecule has 2 fully saturated rings. The maximum absolute atomic E-state index is 13.3. The summed E-state index contributed by atoms with van der Waals surface area (Å²) in [5.74, 6) is -0.388. The number of unbranched alkanes of at least 4 members (excludes halogenated alkanes) is 5. The van der Waals surface area contributed by atoms with E-state index in [4.69, 9.17) is 4.74 Å². The average molecular weight is 384 g/mol. The lowest BCUT2D eigenvalue weighted by molar-refractivity contribution is -0.121. The Morgan fingerprint density at radius 1 is 0.889 bits per heavy atom. The molecule has 2 heterocycles. The van der Waals surface area contributed by atoms with Crippen LogP contribution >= 0.6 is 0 Å². The smallest absolute Gasteiger partial charge is 0.255 e. The van der Waals surface area contributed by atoms with Crippen LogP contribution in [-0.4, -0.2) is 80.0 Å². The van der Waals surface area contributed by atoms with Gasteiger partial charge in [-0.3, -0.25) is 4.90 Å². The predicted molar refractivity (Wildman–Crippen MR) is 95.7 cm³/mol. The number of aliphatic hydroxyl groups is 4. The third-order valence-corrected chi connectivity index (χ3v) is 5.57. The summed E-state index contributed by atoms with van der Waals surface area (Å²) in [7, 11) is 0. The second kappa shape index (κ2) is 9.25. The van der Waals surface area contributed by atoms with E-state index < -0.39 is 30.4 Å². The van der Waals surface area contributed by atoms with Crippen LogP contribution in [0.3, 0.4) is 0 Å². The molecule has 27 heavy (non-hydrogen) atoms. The first kappa shape index (κ1) is 20.4. The summed E-state index contributed by atoms with van der Waals surface area (Å²) in [6.45, 7) is 1.21. The van der Waals surface area contributed by atoms with Crippen molar-refractivity contribution in [3.63, 3.8) is 0 Å². The Kier molecular flexibility index (Phi) is 6.99. The maximum atomic E-state index is 13.3. The Labute approximate surface area is 158 Å². The average Bonchev–Trinajstić information content (AvgIpc) is 3.39. The summed E-state index contributed by atoms with van der Waals surface area (Å²) in [5, 5.41) is 39.4. The molecule has 2 aliphatic rings. The zero-order chi connectivity index (χ0) is 19.4. The van der Waals surface area contributed by atoms with E-state index in [-0.39, 0.29) is 17.8 Å². The molecular formula is C19H29FN2O5. The van der Waals surface area contributed by atoms with E-state index in [1.807, 2.05) is 4.90 Å². The number of rotatable bonds is 10. The lowest BCUT2D eigenvalue weighted by Gasteiger charge is -2.30. The van der Waals surface area contributed by atoms with Gasteiger partial charge in [-0.05, 0) is 31.5 Å². The number of hydrogen-bond acceptors (Lipinski definition) is 7. The van der Waals surface area contributed by atoms with Gasteiger partial charge in [-0.1, -0.05) is 25.7 Å². The van der Waals surface area contributed by atoms with Crippen LogP contribution in [0.4, 0.5) is 4.39 Å². The molecule has 0 aromatic carbocycles. The van der Waals surface area contributed by atoms with Crippen molar-refractivity contribution >= 4 is 0 Å². The number of likely N-dealkylation sites (tertiary alicyclic amines) is 1. The van der Waals surface area contributed by atoms with Crippen LogP contribution in [0.2, 0.25) is 0 Å². The topological polar surface area (TPSA) is 106 Å². The van der Waals surface area contributed by atoms with E-state index in [1.54, 1.807) is 12.1 Å². The lowest BCUT2D eigenvalue weighted by Crippen LogP contribution is -2.53. The van der Waals surface area contributed by atoms with E-state index in [0.717, 1.165) is 45.1 Å². The van der Waals surface area contributed by atoms with Crippen molar-refractivity contribution in [3.05, 3.63) is 24.3 Å². The normalized spacial score (nSPS) is 34.9. The fraction of sp³-hybridized carbons (Fsp3) is 0.737. The molecule has 3 rings (SSSR count). The maximum Gasteiger partial charge on any atom is 0.255 e. The van der Waals surface area contributed by atoms with Gasteiger partial charge >= 0.3 is 0 Å². The van der Waals surface area contributed by atoms with Gasteiger partial charge in [0.1, 0.15) is 12.2 Å². The molecule has 0 spiro atoms. The van der Waals surface area contributed by atoms with Crippen molar-refractivity contribution in [2.75, 3.05) is 13.2 Å². The summed E-state index contributed by atoms with van der Waals surface area (Å²) in [4.78, 5) is 5.50. The summed E-state index contributed by atoms with van der Waals surface area (Å²) < 4.78 is 18.6. The number of aromatic nitrogens is 1. The standard InChI is InChI=1S/C19H29FN2O5/c20-19-12(8-7-9-21-19)27-11-6-4-2-1-3-5-10-22-13-14(22)16(24)18(26)17(25)15(13)23/h7-9,13-18,23-26H,1-6,10-11H2/t13-,14+,15-,16-,17+,18+,22?/m0/s1. The van der Waals surface area contributed by atoms with Gasteiger partial charge in [0.15, 0.2) is 5.75 Å². The van der Waals surface area contributed by atoms with E-state index in [1.165, 1.54) is 6.20 Å². The highest BCUT2D eigenvalue weighted by molar-refractivity contribution is 5.18. The second-order valence-electron chi connectivity index (χ2n) is 7.44. The molecule has 1 unspecified atom stereocenters. The molecule has 1 aromatic rings. The third kappa shape index (κ3) is 4.75. The highest BCUT2D eigenvalue weighted by Gasteiger charge is 2.63. The quantitative estimate of drug-likeness (QED) is 0.264. The monoisotopic (exact) mass is 384 g/mol. The lowest BCUT2D eigenvalue weighted by atomic mass is 9.90. The molecule has 4 N–H and O–H groups in total. The van der Waals surface area contributed by atoms with Crippen molar-refractivity contribution in [2.45, 2.75) is 75.0 Å². The molecule has 1 saturated carbocycles. The molecule has 0 bridgehead atoms. The van der Waals surface area contributed by atoms with E-state index in [9.17, 15) is 24.8 Å². The molecule has 7 nitrogen and oxygen atoms in total. The first-order valence-electron chi connectivity index (χ1n) is 9.73. The highest BCUT2D eigenvalue weighted by Crippen LogP contribution is 2.41. The Morgan fingerprint density at radius 2 is 1.48 bits per heavy atom. The fourth-order valence-electron chi connectivity index (χ4n) is 3.99. The number of aliphatic hydroxyl groups excluding tert-OH is 4. The van der Waals surface area contributed by atoms with E-state index >= 15 is 0 Å². The van der Waals surface area contributed by atoms with Crippen molar-refractivity contribution in [1.82, 2.24) is 9.88 Å². The van der Waals surface area contributed by atoms with Gasteiger partial charge in [-0.15, -0.1) is 0 Å². The largest absolute Gasteiger partial charge is 0.489 e. The number of hydrogen-bond donors (Lipinski definition) is 4. The zero-order valence-corrected chi connectivity index (χ0v) is 15.3. The summed E-state index contributed by atoms with van der Waals surface area (Å²) in [6, 6.07) is 2.72. The van der Waals surface area contributed by atoms with E-state index in [2.05, 4.69) is 4.98 Å². The summed E-state index contributed by atoms with van der Waals surface area (Å²) in [6.07, 6.45) is 2.79. The zero-order valence-electron chi connectivity index (χ0n) is 15.3. The number of nitrogens with zero attached hydrogens (tertiary/aromatic N) is 2. The Hall–Kier alpha value is -1.32. The van der Waals surface area contributed by atoms with Crippen molar-refractivity contribution < 1.29 is 29.6 Å². The van der Waals surface area contributed by atoms with Crippen LogP contribution in [0.1, 0.15) is 38.5 Å². The Balaban J connectivity index is 1.21. The summed E-state index contributed by atoms with van der Waals surface area (Å²) in [5.41, 5.74) is 0. The number of pyridine rings is 1. The molecule has 0 amide bonds. The molecule has 152 valence electrons. The first-order valence-corrected chi connectivity index (χ1v) is 9.73. The molecular weight excluding hydrogens is 355 g/mol. The van der Waals surface area contributed by atoms with Crippen molar-refractivity contribution in [2.24, 2.45) is 0 Å². The van der Waals surface area contributed by atoms with Gasteiger partial charge in [0.25, 0.3) is 5.95 Å². The SMILES string of the molecule is O[C@H]1[C@H](O)[C@@H](O)[C@H]2[C@@H]([C@@H]1O)N2CCCCCCCCOc1cccnc1F. The minimum Gasteiger partial charge on any atom is -0.489 e. The fourth-order valence-corrected chi connectivity index (χ4v) is 3.99. The summed E-state index contributed by atoms with van der Waals surface area (Å²) >= 11 is 0. The van der Waals surface area contributed by atoms with Gasteiger partial charge < -0.3 is 25.2 Å². The Morgan fingerprint density at radius 3 is 2.11 bits per heavy atom. The third-order valence-electron chi connectivity index (χ3n) is 5.57. The Bertz CT molecular complexity index is 587. The molecule has 1 aliphatic heterocycles.